The maximum absolute atomic E-state index is 12.5. The molecule has 0 radical (unpaired) electrons. The molecule has 1 fully saturated rings. The van der Waals surface area contributed by atoms with Gasteiger partial charge in [0, 0.05) is 37.0 Å². The van der Waals surface area contributed by atoms with Crippen LogP contribution in [0.15, 0.2) is 65.7 Å². The van der Waals surface area contributed by atoms with Crippen LogP contribution in [0.5, 0.6) is 11.5 Å². The van der Waals surface area contributed by atoms with Crippen LogP contribution in [0, 0.1) is 5.21 Å². The van der Waals surface area contributed by atoms with Gasteiger partial charge < -0.3 is 19.3 Å². The molecule has 1 aromatic carbocycles. The smallest absolute Gasteiger partial charge is 0.258 e. The normalized spacial score (nSPS) is 15.0. The highest BCUT2D eigenvalue weighted by Gasteiger charge is 2.22. The lowest BCUT2D eigenvalue weighted by atomic mass is 10.3. The molecule has 2 aromatic heterocycles. The molecule has 1 aliphatic rings. The third-order valence-corrected chi connectivity index (χ3v) is 5.55. The lowest BCUT2D eigenvalue weighted by Gasteiger charge is -2.38. The molecule has 162 valence electrons. The van der Waals surface area contributed by atoms with Gasteiger partial charge in [-0.1, -0.05) is 11.6 Å². The quantitative estimate of drug-likeness (QED) is 0.390. The number of hydroxylamine groups is 3. The summed E-state index contributed by atoms with van der Waals surface area (Å²) in [6.45, 7) is 2.46. The van der Waals surface area contributed by atoms with Crippen LogP contribution in [-0.4, -0.2) is 40.4 Å². The van der Waals surface area contributed by atoms with Crippen molar-refractivity contribution < 1.29 is 14.1 Å². The largest absolute Gasteiger partial charge is 0.633 e. The lowest BCUT2D eigenvalue weighted by Crippen LogP contribution is -2.42. The molecule has 4 rings (SSSR count). The van der Waals surface area contributed by atoms with Gasteiger partial charge in [0.1, 0.15) is 31.3 Å². The summed E-state index contributed by atoms with van der Waals surface area (Å²) in [5.74, 6) is 1.15. The Labute approximate surface area is 185 Å². The number of halogens is 1. The first-order valence-corrected chi connectivity index (χ1v) is 10.6. The number of likely N-dealkylation sites (tertiary alicyclic amines) is 1. The van der Waals surface area contributed by atoms with Crippen LogP contribution in [0.25, 0.3) is 5.69 Å². The van der Waals surface area contributed by atoms with E-state index in [0.717, 1.165) is 24.2 Å². The molecule has 1 saturated heterocycles. The van der Waals surface area contributed by atoms with Crippen molar-refractivity contribution in [3.05, 3.63) is 87.2 Å². The monoisotopic (exact) mass is 441 g/mol. The van der Waals surface area contributed by atoms with Crippen LogP contribution < -0.4 is 15.0 Å². The Morgan fingerprint density at radius 3 is 2.48 bits per heavy atom. The van der Waals surface area contributed by atoms with Gasteiger partial charge in [0.15, 0.2) is 0 Å². The van der Waals surface area contributed by atoms with E-state index in [0.29, 0.717) is 42.8 Å². The highest BCUT2D eigenvalue weighted by molar-refractivity contribution is 6.30. The van der Waals surface area contributed by atoms with Crippen LogP contribution in [-0.2, 0) is 6.61 Å². The van der Waals surface area contributed by atoms with Crippen molar-refractivity contribution in [3.8, 4) is 17.2 Å². The maximum Gasteiger partial charge on any atom is 0.258 e. The minimum absolute atomic E-state index is 0.157. The molecule has 8 heteroatoms. The van der Waals surface area contributed by atoms with Crippen molar-refractivity contribution >= 4 is 11.6 Å². The summed E-state index contributed by atoms with van der Waals surface area (Å²) in [5.41, 5.74) is 1.23. The molecule has 0 saturated carbocycles. The van der Waals surface area contributed by atoms with Gasteiger partial charge in [0.2, 0.25) is 0 Å². The fourth-order valence-corrected chi connectivity index (χ4v) is 3.69. The second kappa shape index (κ2) is 9.51. The Morgan fingerprint density at radius 1 is 1.03 bits per heavy atom. The van der Waals surface area contributed by atoms with Crippen LogP contribution in [0.4, 0.5) is 0 Å². The van der Waals surface area contributed by atoms with Gasteiger partial charge in [-0.2, -0.15) is 0 Å². The van der Waals surface area contributed by atoms with Crippen LogP contribution in [0.2, 0.25) is 5.02 Å². The summed E-state index contributed by atoms with van der Waals surface area (Å²) >= 11 is 5.82. The molecular formula is C23H24ClN3O4. The fourth-order valence-electron chi connectivity index (χ4n) is 3.58. The molecule has 7 nitrogen and oxygen atoms in total. The number of pyridine rings is 2. The Kier molecular flexibility index (Phi) is 6.56. The van der Waals surface area contributed by atoms with Gasteiger partial charge in [0.05, 0.1) is 23.8 Å². The predicted molar refractivity (Wildman–Crippen MR) is 119 cm³/mol. The third kappa shape index (κ3) is 5.64. The van der Waals surface area contributed by atoms with E-state index in [2.05, 4.69) is 4.98 Å². The number of aromatic nitrogens is 2. The molecule has 0 unspecified atom stereocenters. The second-order valence-electron chi connectivity index (χ2n) is 7.61. The first-order valence-electron chi connectivity index (χ1n) is 10.3. The number of quaternary nitrogens is 1. The molecule has 1 aliphatic heterocycles. The molecule has 31 heavy (non-hydrogen) atoms. The number of benzene rings is 1. The predicted octanol–water partition coefficient (Wildman–Crippen LogP) is 3.95. The number of nitrogens with zero attached hydrogens (tertiary/aromatic N) is 3. The first-order chi connectivity index (χ1) is 15.0. The Bertz CT molecular complexity index is 1060. The molecule has 0 amide bonds. The van der Waals surface area contributed by atoms with Crippen LogP contribution in [0.1, 0.15) is 18.5 Å². The van der Waals surface area contributed by atoms with E-state index in [1.807, 2.05) is 12.1 Å². The standard InChI is InChI=1S/C23H24ClN3O4/c24-18-3-4-19(25-16-18)17-31-22-9-10-26(23(28)15-22)20-5-7-21(8-6-20)30-14-13-27(29)11-1-2-12-27/h3-10,15-16H,1-2,11-14,17H2. The van der Waals surface area contributed by atoms with E-state index in [9.17, 15) is 10.0 Å². The molecule has 0 spiro atoms. The summed E-state index contributed by atoms with van der Waals surface area (Å²) < 4.78 is 12.7. The minimum Gasteiger partial charge on any atom is -0.633 e. The van der Waals surface area contributed by atoms with E-state index >= 15 is 0 Å². The van der Waals surface area contributed by atoms with Gasteiger partial charge in [-0.05, 0) is 42.5 Å². The molecule has 3 aromatic rings. The highest BCUT2D eigenvalue weighted by atomic mass is 35.5. The second-order valence-corrected chi connectivity index (χ2v) is 8.04. The molecule has 0 atom stereocenters. The molecular weight excluding hydrogens is 418 g/mol. The van der Waals surface area contributed by atoms with Crippen molar-refractivity contribution in [1.29, 1.82) is 0 Å². The van der Waals surface area contributed by atoms with Crippen molar-refractivity contribution in [2.45, 2.75) is 19.4 Å². The van der Waals surface area contributed by atoms with Crippen LogP contribution >= 0.6 is 11.6 Å². The number of hydrogen-bond acceptors (Lipinski definition) is 5. The topological polar surface area (TPSA) is 76.4 Å². The van der Waals surface area contributed by atoms with E-state index in [1.54, 1.807) is 42.7 Å². The van der Waals surface area contributed by atoms with Crippen molar-refractivity contribution in [2.75, 3.05) is 26.2 Å². The van der Waals surface area contributed by atoms with Gasteiger partial charge in [-0.3, -0.25) is 14.3 Å². The highest BCUT2D eigenvalue weighted by Crippen LogP contribution is 2.19. The summed E-state index contributed by atoms with van der Waals surface area (Å²) in [4.78, 5) is 16.7. The minimum atomic E-state index is -0.206. The average Bonchev–Trinajstić information content (AvgIpc) is 3.20. The van der Waals surface area contributed by atoms with Gasteiger partial charge in [-0.15, -0.1) is 0 Å². The maximum atomic E-state index is 12.5. The number of rotatable bonds is 8. The average molecular weight is 442 g/mol. The van der Waals surface area contributed by atoms with Gasteiger partial charge in [-0.25, -0.2) is 0 Å². The van der Waals surface area contributed by atoms with Gasteiger partial charge >= 0.3 is 0 Å². The molecule has 0 aliphatic carbocycles. The third-order valence-electron chi connectivity index (χ3n) is 5.33. The molecule has 0 bridgehead atoms. The molecule has 3 heterocycles. The zero-order valence-electron chi connectivity index (χ0n) is 17.1. The van der Waals surface area contributed by atoms with Crippen molar-refractivity contribution in [2.24, 2.45) is 0 Å². The van der Waals surface area contributed by atoms with Crippen LogP contribution in [0.3, 0.4) is 0 Å². The number of hydrogen-bond donors (Lipinski definition) is 0. The van der Waals surface area contributed by atoms with E-state index in [4.69, 9.17) is 21.1 Å². The fraction of sp³-hybridized carbons (Fsp3) is 0.304. The van der Waals surface area contributed by atoms with Crippen molar-refractivity contribution in [3.63, 3.8) is 0 Å². The van der Waals surface area contributed by atoms with E-state index in [-0.39, 0.29) is 16.8 Å². The summed E-state index contributed by atoms with van der Waals surface area (Å²) in [7, 11) is 0. The Balaban J connectivity index is 1.34. The van der Waals surface area contributed by atoms with E-state index in [1.165, 1.54) is 10.6 Å². The SMILES string of the molecule is O=c1cc(OCc2ccc(Cl)cn2)ccn1-c1ccc(OCC[N+]2([O-])CCCC2)cc1. The summed E-state index contributed by atoms with van der Waals surface area (Å²) in [6, 6.07) is 13.9. The Hall–Kier alpha value is -2.87. The Morgan fingerprint density at radius 2 is 1.81 bits per heavy atom. The summed E-state index contributed by atoms with van der Waals surface area (Å²) in [5, 5.41) is 12.9. The van der Waals surface area contributed by atoms with Gasteiger partial charge in [0.25, 0.3) is 5.56 Å². The number of ether oxygens (including phenoxy) is 2. The zero-order valence-corrected chi connectivity index (χ0v) is 17.8. The van der Waals surface area contributed by atoms with E-state index < -0.39 is 0 Å². The zero-order chi connectivity index (χ0) is 21.7. The van der Waals surface area contributed by atoms with Crippen molar-refractivity contribution in [1.82, 2.24) is 9.55 Å². The first kappa shape index (κ1) is 21.4. The lowest BCUT2D eigenvalue weighted by molar-refractivity contribution is -0.868. The summed E-state index contributed by atoms with van der Waals surface area (Å²) in [6.07, 6.45) is 5.21. The molecule has 0 N–H and O–H groups in total.